The van der Waals surface area contributed by atoms with Crippen molar-refractivity contribution in [1.82, 2.24) is 14.7 Å². The number of rotatable bonds is 24. The summed E-state index contributed by atoms with van der Waals surface area (Å²) in [6.07, 6.45) is 9.29. The number of cyclic esters (lactones) is 1. The molecule has 0 saturated carbocycles. The van der Waals surface area contributed by atoms with Gasteiger partial charge in [0.05, 0.1) is 29.4 Å². The zero-order chi connectivity index (χ0) is 56.7. The standard InChI is InChI=1S/C38H52ClN3O7.C20H26N2O5/c1-6-8-9-10-11-12-13-14-15-19-24-49-36(46)28-22-23-29(39)30(25-28)40-33(44)31(32(43)38(3,4)5)42-34(45)35(48-7-2)41(37(42)47)26-27-20-17-16-18-21-27;1-11-8-9-12(2)13(10-11)21-16(24)14(15(23)19(3,4)5)22-17(25)20(6,7)27-18(22)26/h16-18,20-23,25,31,35H,6-15,19,24,26H2,1-5H3,(H,40,44);8-10,14H,1-7H3,(H,21,24). The van der Waals surface area contributed by atoms with E-state index in [1.807, 2.05) is 32.0 Å². The lowest BCUT2D eigenvalue weighted by molar-refractivity contribution is -0.149. The fraction of sp³-hybridized carbons (Fsp3) is 0.534. The molecule has 17 nitrogen and oxygen atoms in total. The van der Waals surface area contributed by atoms with Gasteiger partial charge in [0.15, 0.2) is 29.3 Å². The minimum atomic E-state index is -1.83. The molecule has 18 heteroatoms. The van der Waals surface area contributed by atoms with Gasteiger partial charge in [0.2, 0.25) is 6.23 Å². The van der Waals surface area contributed by atoms with Crippen LogP contribution in [0.25, 0.3) is 0 Å². The number of esters is 1. The van der Waals surface area contributed by atoms with E-state index in [0.717, 1.165) is 36.0 Å². The molecule has 2 heterocycles. The number of aryl methyl sites for hydroxylation is 2. The number of carbonyl (C=O) groups excluding carboxylic acids is 9. The average molecular weight is 1070 g/mol. The first-order valence-electron chi connectivity index (χ1n) is 26.3. The maximum atomic E-state index is 13.9. The molecule has 3 unspecified atom stereocenters. The van der Waals surface area contributed by atoms with E-state index in [4.69, 9.17) is 25.8 Å². The van der Waals surface area contributed by atoms with E-state index in [1.165, 1.54) is 81.9 Å². The number of hydrogen-bond donors (Lipinski definition) is 2. The summed E-state index contributed by atoms with van der Waals surface area (Å²) in [7, 11) is 0. The molecule has 2 aliphatic heterocycles. The number of nitrogens with zero attached hydrogens (tertiary/aromatic N) is 3. The fourth-order valence-corrected chi connectivity index (χ4v) is 8.53. The van der Waals surface area contributed by atoms with Crippen molar-refractivity contribution in [1.29, 1.82) is 0 Å². The monoisotopic (exact) mass is 1070 g/mol. The van der Waals surface area contributed by atoms with Gasteiger partial charge in [-0.15, -0.1) is 0 Å². The molecule has 3 atom stereocenters. The van der Waals surface area contributed by atoms with Crippen molar-refractivity contribution >= 4 is 76.3 Å². The fourth-order valence-electron chi connectivity index (χ4n) is 8.37. The number of carbonyl (C=O) groups is 9. The van der Waals surface area contributed by atoms with Crippen LogP contribution in [-0.2, 0) is 49.5 Å². The predicted molar refractivity (Wildman–Crippen MR) is 290 cm³/mol. The number of imide groups is 2. The molecule has 0 radical (unpaired) electrons. The highest BCUT2D eigenvalue weighted by Gasteiger charge is 2.56. The smallest absolute Gasteiger partial charge is 0.418 e. The number of halogens is 1. The van der Waals surface area contributed by atoms with Crippen LogP contribution >= 0.6 is 11.6 Å². The van der Waals surface area contributed by atoms with Crippen molar-refractivity contribution in [3.63, 3.8) is 0 Å². The Morgan fingerprint density at radius 3 is 1.76 bits per heavy atom. The highest BCUT2D eigenvalue weighted by atomic mass is 35.5. The second-order valence-corrected chi connectivity index (χ2v) is 22.2. The van der Waals surface area contributed by atoms with Crippen LogP contribution in [-0.4, -0.2) is 105 Å². The van der Waals surface area contributed by atoms with Crippen molar-refractivity contribution in [3.8, 4) is 0 Å². The number of ether oxygens (including phenoxy) is 3. The van der Waals surface area contributed by atoms with E-state index in [-0.39, 0.29) is 36.0 Å². The SMILES string of the molecule is CCCCCCCCCCCCOC(=O)c1ccc(Cl)c(NC(=O)C(C(=O)C(C)(C)C)N2C(=O)C(OCC)N(Cc3ccccc3)C2=O)c1.Cc1ccc(C)c(NC(=O)C(C(=O)C(C)(C)C)N2C(=O)OC(C)(C)C2=O)c1. The quantitative estimate of drug-likeness (QED) is 0.0371. The molecule has 2 N–H and O–H groups in total. The zero-order valence-corrected chi connectivity index (χ0v) is 47.1. The Labute approximate surface area is 453 Å². The van der Waals surface area contributed by atoms with Gasteiger partial charge >= 0.3 is 18.1 Å². The van der Waals surface area contributed by atoms with Gasteiger partial charge in [0.25, 0.3) is 23.6 Å². The summed E-state index contributed by atoms with van der Waals surface area (Å²) >= 11 is 6.41. The Morgan fingerprint density at radius 2 is 1.24 bits per heavy atom. The van der Waals surface area contributed by atoms with E-state index in [0.29, 0.717) is 15.5 Å². The first kappa shape index (κ1) is 62.1. The van der Waals surface area contributed by atoms with Crippen LogP contribution in [0.5, 0.6) is 0 Å². The number of ketones is 2. The van der Waals surface area contributed by atoms with E-state index in [2.05, 4.69) is 17.6 Å². The second kappa shape index (κ2) is 27.5. The van der Waals surface area contributed by atoms with Crippen molar-refractivity contribution < 1.29 is 57.4 Å². The first-order chi connectivity index (χ1) is 35.7. The summed E-state index contributed by atoms with van der Waals surface area (Å²) in [5.74, 6) is -5.02. The largest absolute Gasteiger partial charge is 0.462 e. The zero-order valence-electron chi connectivity index (χ0n) is 46.4. The van der Waals surface area contributed by atoms with Gasteiger partial charge in [-0.1, -0.05) is 160 Å². The summed E-state index contributed by atoms with van der Waals surface area (Å²) in [6.45, 7) is 20.5. The Morgan fingerprint density at radius 1 is 0.697 bits per heavy atom. The van der Waals surface area contributed by atoms with E-state index < -0.39 is 88.0 Å². The van der Waals surface area contributed by atoms with Crippen molar-refractivity contribution in [2.45, 2.75) is 178 Å². The van der Waals surface area contributed by atoms with E-state index in [1.54, 1.807) is 78.8 Å². The lowest BCUT2D eigenvalue weighted by Gasteiger charge is -2.29. The molecule has 0 bridgehead atoms. The normalized spacial score (nSPS) is 16.2. The third-order valence-corrected chi connectivity index (χ3v) is 13.1. The van der Waals surface area contributed by atoms with Gasteiger partial charge in [-0.25, -0.2) is 24.2 Å². The average Bonchev–Trinajstić information content (AvgIpc) is 3.69. The number of urea groups is 1. The molecular formula is C58H78ClN5O12. The number of hydrogen-bond acceptors (Lipinski definition) is 12. The summed E-state index contributed by atoms with van der Waals surface area (Å²) in [4.78, 5) is 122. The first-order valence-corrected chi connectivity index (χ1v) is 26.6. The molecule has 2 saturated heterocycles. The highest BCUT2D eigenvalue weighted by molar-refractivity contribution is 6.34. The molecule has 0 aromatic heterocycles. The van der Waals surface area contributed by atoms with Crippen LogP contribution in [0.4, 0.5) is 21.0 Å². The van der Waals surface area contributed by atoms with Gasteiger partial charge in [0.1, 0.15) is 0 Å². The molecule has 3 aromatic carbocycles. The van der Waals surface area contributed by atoms with Crippen LogP contribution in [0.3, 0.4) is 0 Å². The number of benzene rings is 3. The second-order valence-electron chi connectivity index (χ2n) is 21.8. The van der Waals surface area contributed by atoms with Crippen molar-refractivity contribution in [2.24, 2.45) is 10.8 Å². The number of Topliss-reactive ketones (excluding diaryl/α,β-unsaturated/α-hetero) is 2. The minimum absolute atomic E-state index is 0.0275. The highest BCUT2D eigenvalue weighted by Crippen LogP contribution is 2.33. The van der Waals surface area contributed by atoms with Crippen LogP contribution in [0.1, 0.15) is 160 Å². The van der Waals surface area contributed by atoms with Gasteiger partial charge in [-0.2, -0.15) is 0 Å². The number of nitrogens with one attached hydrogen (secondary N) is 2. The van der Waals surface area contributed by atoms with Crippen LogP contribution in [0.15, 0.2) is 66.7 Å². The van der Waals surface area contributed by atoms with Crippen LogP contribution in [0.2, 0.25) is 5.02 Å². The Bertz CT molecular complexity index is 2590. The third-order valence-electron chi connectivity index (χ3n) is 12.8. The molecule has 2 fully saturated rings. The lowest BCUT2D eigenvalue weighted by Crippen LogP contribution is -2.55. The molecule has 76 heavy (non-hydrogen) atoms. The number of anilines is 2. The molecule has 5 rings (SSSR count). The van der Waals surface area contributed by atoms with Gasteiger partial charge in [-0.3, -0.25) is 33.7 Å². The number of amides is 7. The molecule has 0 aliphatic carbocycles. The topological polar surface area (TPSA) is 215 Å². The third kappa shape index (κ3) is 16.5. The van der Waals surface area contributed by atoms with Gasteiger partial charge in [-0.05, 0) is 82.0 Å². The Kier molecular flexibility index (Phi) is 22.5. The summed E-state index contributed by atoms with van der Waals surface area (Å²) in [5.41, 5.74) is -0.311. The summed E-state index contributed by atoms with van der Waals surface area (Å²) in [5, 5.41) is 5.38. The molecular weight excluding hydrogens is 994 g/mol. The van der Waals surface area contributed by atoms with E-state index in [9.17, 15) is 43.2 Å². The van der Waals surface area contributed by atoms with Crippen LogP contribution < -0.4 is 10.6 Å². The lowest BCUT2D eigenvalue weighted by atomic mass is 9.85. The maximum Gasteiger partial charge on any atom is 0.418 e. The van der Waals surface area contributed by atoms with Gasteiger partial charge in [0, 0.05) is 23.1 Å². The van der Waals surface area contributed by atoms with Gasteiger partial charge < -0.3 is 24.8 Å². The van der Waals surface area contributed by atoms with Crippen molar-refractivity contribution in [2.75, 3.05) is 23.8 Å². The molecule has 0 spiro atoms. The molecule has 3 aromatic rings. The molecule has 414 valence electrons. The molecule has 7 amide bonds. The molecule has 2 aliphatic rings. The minimum Gasteiger partial charge on any atom is -0.462 e. The van der Waals surface area contributed by atoms with E-state index >= 15 is 0 Å². The summed E-state index contributed by atoms with van der Waals surface area (Å²) < 4.78 is 16.2. The summed E-state index contributed by atoms with van der Waals surface area (Å²) in [6, 6.07) is 14.5. The van der Waals surface area contributed by atoms with Crippen LogP contribution in [0, 0.1) is 24.7 Å². The predicted octanol–water partition coefficient (Wildman–Crippen LogP) is 11.2. The Hall–Kier alpha value is -6.46. The Balaban J connectivity index is 0.000000389. The van der Waals surface area contributed by atoms with Crippen molar-refractivity contribution in [3.05, 3.63) is 94.0 Å². The number of unbranched alkanes of at least 4 members (excludes halogenated alkanes) is 9. The maximum absolute atomic E-state index is 13.9.